The van der Waals surface area contributed by atoms with Crippen molar-refractivity contribution in [3.05, 3.63) is 212 Å². The van der Waals surface area contributed by atoms with Gasteiger partial charge in [0.05, 0.1) is 0 Å². The molecule has 0 N–H and O–H groups in total. The van der Waals surface area contributed by atoms with Crippen LogP contribution in [0.3, 0.4) is 0 Å². The number of benzene rings is 9. The van der Waals surface area contributed by atoms with Gasteiger partial charge in [-0.2, -0.15) is 0 Å². The van der Waals surface area contributed by atoms with Gasteiger partial charge in [-0.05, 0) is 104 Å². The number of fused-ring (bicyclic) bond motifs is 4. The Morgan fingerprint density at radius 2 is 0.964 bits per heavy atom. The van der Waals surface area contributed by atoms with Crippen LogP contribution in [0.1, 0.15) is 5.56 Å². The molecule has 1 heterocycles. The maximum absolute atomic E-state index is 6.35. The van der Waals surface area contributed by atoms with Gasteiger partial charge in [0.1, 0.15) is 5.52 Å². The van der Waals surface area contributed by atoms with Gasteiger partial charge < -0.3 is 9.32 Å². The van der Waals surface area contributed by atoms with Crippen molar-refractivity contribution in [3.63, 3.8) is 0 Å². The number of oxazole rings is 1. The maximum Gasteiger partial charge on any atom is 0.227 e. The highest BCUT2D eigenvalue weighted by atomic mass is 16.3. The van der Waals surface area contributed by atoms with E-state index in [1.807, 2.05) is 6.07 Å². The summed E-state index contributed by atoms with van der Waals surface area (Å²) < 4.78 is 6.35. The fourth-order valence-electron chi connectivity index (χ4n) is 7.70. The number of aromatic nitrogens is 1. The lowest BCUT2D eigenvalue weighted by Gasteiger charge is -2.27. The Morgan fingerprint density at radius 3 is 1.71 bits per heavy atom. The number of hydrogen-bond acceptors (Lipinski definition) is 3. The smallest absolute Gasteiger partial charge is 0.227 e. The van der Waals surface area contributed by atoms with Crippen molar-refractivity contribution in [2.24, 2.45) is 0 Å². The lowest BCUT2D eigenvalue weighted by Crippen LogP contribution is -2.17. The maximum atomic E-state index is 6.35. The van der Waals surface area contributed by atoms with Crippen molar-refractivity contribution >= 4 is 44.0 Å². The van der Waals surface area contributed by atoms with Gasteiger partial charge in [-0.15, -0.1) is 0 Å². The Morgan fingerprint density at radius 1 is 0.400 bits per heavy atom. The molecule has 3 heteroatoms. The summed E-state index contributed by atoms with van der Waals surface area (Å²) in [6, 6.07) is 73.3. The van der Waals surface area contributed by atoms with E-state index in [2.05, 4.69) is 205 Å². The Balaban J connectivity index is 1.03. The van der Waals surface area contributed by atoms with Crippen molar-refractivity contribution in [1.29, 1.82) is 0 Å². The number of anilines is 2. The molecule has 10 rings (SSSR count). The first-order valence-corrected chi connectivity index (χ1v) is 18.7. The average Bonchev–Trinajstić information content (AvgIpc) is 3.71. The molecule has 0 aliphatic carbocycles. The third-order valence-electron chi connectivity index (χ3n) is 10.6. The third kappa shape index (κ3) is 6.32. The highest BCUT2D eigenvalue weighted by Crippen LogP contribution is 2.37. The van der Waals surface area contributed by atoms with Gasteiger partial charge in [-0.1, -0.05) is 158 Å². The fourth-order valence-corrected chi connectivity index (χ4v) is 7.70. The predicted octanol–water partition coefficient (Wildman–Crippen LogP) is 14.1. The van der Waals surface area contributed by atoms with Crippen molar-refractivity contribution in [2.45, 2.75) is 6.54 Å². The molecule has 0 unspecified atom stereocenters. The molecule has 0 atom stereocenters. The molecule has 260 valence electrons. The molecule has 55 heavy (non-hydrogen) atoms. The molecule has 0 aliphatic heterocycles. The first-order chi connectivity index (χ1) is 27.2. The van der Waals surface area contributed by atoms with E-state index in [9.17, 15) is 0 Å². The van der Waals surface area contributed by atoms with Gasteiger partial charge in [-0.3, -0.25) is 0 Å². The molecule has 10 aromatic rings. The number of hydrogen-bond donors (Lipinski definition) is 0. The quantitative estimate of drug-likeness (QED) is 0.158. The Bertz CT molecular complexity index is 2930. The fraction of sp³-hybridized carbons (Fsp3) is 0.0192. The molecule has 0 spiro atoms. The lowest BCUT2D eigenvalue weighted by molar-refractivity contribution is 0.620. The monoisotopic (exact) mass is 704 g/mol. The summed E-state index contributed by atoms with van der Waals surface area (Å²) in [7, 11) is 0. The number of rotatable bonds is 8. The Hall–Kier alpha value is -7.23. The first kappa shape index (κ1) is 32.4. The van der Waals surface area contributed by atoms with E-state index in [1.54, 1.807) is 0 Å². The van der Waals surface area contributed by atoms with E-state index in [0.717, 1.165) is 38.8 Å². The predicted molar refractivity (Wildman–Crippen MR) is 229 cm³/mol. The van der Waals surface area contributed by atoms with Crippen molar-refractivity contribution in [3.8, 4) is 44.8 Å². The summed E-state index contributed by atoms with van der Waals surface area (Å²) in [4.78, 5) is 7.46. The van der Waals surface area contributed by atoms with E-state index in [-0.39, 0.29) is 0 Å². The zero-order valence-electron chi connectivity index (χ0n) is 30.1. The van der Waals surface area contributed by atoms with Gasteiger partial charge in [-0.25, -0.2) is 4.98 Å². The van der Waals surface area contributed by atoms with Crippen LogP contribution in [0.25, 0.3) is 77.5 Å². The highest BCUT2D eigenvalue weighted by molar-refractivity contribution is 6.05. The second-order valence-corrected chi connectivity index (χ2v) is 14.0. The van der Waals surface area contributed by atoms with Crippen LogP contribution in [0.5, 0.6) is 0 Å². The Labute approximate surface area is 320 Å². The molecule has 0 aliphatic rings. The minimum Gasteiger partial charge on any atom is -0.436 e. The van der Waals surface area contributed by atoms with E-state index < -0.39 is 0 Å². The van der Waals surface area contributed by atoms with Gasteiger partial charge in [0.25, 0.3) is 0 Å². The SMILES string of the molecule is c1ccc(-c2ccc(-c3ccc(N(Cc4ccccc4-c4ccccc4)c4ccc5c(ccc6oc(-c7ccc8ccccc8c7)nc65)c4)cc3)cc2)cc1. The molecular weight excluding hydrogens is 669 g/mol. The molecule has 3 nitrogen and oxygen atoms in total. The first-order valence-electron chi connectivity index (χ1n) is 18.7. The van der Waals surface area contributed by atoms with Gasteiger partial charge in [0, 0.05) is 28.9 Å². The average molecular weight is 705 g/mol. The summed E-state index contributed by atoms with van der Waals surface area (Å²) in [5, 5.41) is 4.54. The minimum absolute atomic E-state index is 0.631. The summed E-state index contributed by atoms with van der Waals surface area (Å²) in [5.41, 5.74) is 13.4. The highest BCUT2D eigenvalue weighted by Gasteiger charge is 2.17. The van der Waals surface area contributed by atoms with E-state index >= 15 is 0 Å². The van der Waals surface area contributed by atoms with Crippen LogP contribution in [0.2, 0.25) is 0 Å². The molecular formula is C52H36N2O. The third-order valence-corrected chi connectivity index (χ3v) is 10.6. The van der Waals surface area contributed by atoms with Crippen LogP contribution in [-0.2, 0) is 6.54 Å². The van der Waals surface area contributed by atoms with E-state index in [4.69, 9.17) is 9.40 Å². The van der Waals surface area contributed by atoms with E-state index in [1.165, 1.54) is 49.7 Å². The number of nitrogens with zero attached hydrogens (tertiary/aromatic N) is 2. The molecule has 1 aromatic heterocycles. The molecule has 0 saturated heterocycles. The van der Waals surface area contributed by atoms with Crippen LogP contribution in [0.4, 0.5) is 11.4 Å². The summed E-state index contributed by atoms with van der Waals surface area (Å²) >= 11 is 0. The second kappa shape index (κ2) is 14.0. The Kier molecular flexibility index (Phi) is 8.23. The normalized spacial score (nSPS) is 11.3. The summed E-state index contributed by atoms with van der Waals surface area (Å²) in [6.07, 6.45) is 0. The molecule has 0 saturated carbocycles. The zero-order chi connectivity index (χ0) is 36.6. The van der Waals surface area contributed by atoms with E-state index in [0.29, 0.717) is 12.4 Å². The second-order valence-electron chi connectivity index (χ2n) is 14.0. The van der Waals surface area contributed by atoms with Gasteiger partial charge >= 0.3 is 0 Å². The molecule has 0 fully saturated rings. The summed E-state index contributed by atoms with van der Waals surface area (Å²) in [5.74, 6) is 0.631. The lowest BCUT2D eigenvalue weighted by atomic mass is 9.98. The van der Waals surface area contributed by atoms with Crippen LogP contribution < -0.4 is 4.90 Å². The summed E-state index contributed by atoms with van der Waals surface area (Å²) in [6.45, 7) is 0.694. The van der Waals surface area contributed by atoms with Crippen molar-refractivity contribution < 1.29 is 4.42 Å². The van der Waals surface area contributed by atoms with Gasteiger partial charge in [0.15, 0.2) is 5.58 Å². The largest absolute Gasteiger partial charge is 0.436 e. The standard InChI is InChI=1S/C52H36N2O/c1-3-11-36(12-4-1)38-19-21-39(22-20-38)40-25-28-46(29-26-40)54(35-45-17-9-10-18-48(45)41-14-5-2-6-15-41)47-30-31-49-43(34-47)27-32-50-51(49)53-52(55-50)44-24-23-37-13-7-8-16-42(37)33-44/h1-34H,35H2. The molecule has 0 amide bonds. The van der Waals surface area contributed by atoms with Crippen LogP contribution in [0.15, 0.2) is 211 Å². The zero-order valence-corrected chi connectivity index (χ0v) is 30.1. The molecule has 0 radical (unpaired) electrons. The van der Waals surface area contributed by atoms with Crippen LogP contribution >= 0.6 is 0 Å². The topological polar surface area (TPSA) is 29.3 Å². The van der Waals surface area contributed by atoms with Crippen molar-refractivity contribution in [1.82, 2.24) is 4.98 Å². The van der Waals surface area contributed by atoms with Gasteiger partial charge in [0.2, 0.25) is 5.89 Å². The minimum atomic E-state index is 0.631. The van der Waals surface area contributed by atoms with Crippen LogP contribution in [0, 0.1) is 0 Å². The molecule has 0 bridgehead atoms. The van der Waals surface area contributed by atoms with Crippen LogP contribution in [-0.4, -0.2) is 4.98 Å². The molecule has 9 aromatic carbocycles. The van der Waals surface area contributed by atoms with Crippen molar-refractivity contribution in [2.75, 3.05) is 4.90 Å².